The smallest absolute Gasteiger partial charge is 0.330 e. The molecule has 4 rings (SSSR count). The predicted octanol–water partition coefficient (Wildman–Crippen LogP) is 1.53. The lowest BCUT2D eigenvalue weighted by atomic mass is 10.1. The number of aromatic nitrogens is 1. The molecule has 1 aliphatic rings. The Kier molecular flexibility index (Phi) is 8.13. The Morgan fingerprint density at radius 2 is 1.90 bits per heavy atom. The van der Waals surface area contributed by atoms with Crippen molar-refractivity contribution in [2.75, 3.05) is 24.6 Å². The van der Waals surface area contributed by atoms with E-state index in [0.717, 1.165) is 16.5 Å². The summed E-state index contributed by atoms with van der Waals surface area (Å²) in [6.07, 6.45) is 0.387. The Labute approximate surface area is 224 Å². The van der Waals surface area contributed by atoms with Crippen LogP contribution in [0.1, 0.15) is 35.0 Å². The van der Waals surface area contributed by atoms with Crippen molar-refractivity contribution in [2.45, 2.75) is 32.4 Å². The van der Waals surface area contributed by atoms with Gasteiger partial charge in [-0.1, -0.05) is 18.2 Å². The molecule has 204 valence electrons. The predicted molar refractivity (Wildman–Crippen MR) is 146 cm³/mol. The maximum absolute atomic E-state index is 13.0. The first kappa shape index (κ1) is 27.2. The van der Waals surface area contributed by atoms with Crippen LogP contribution >= 0.6 is 0 Å². The second-order valence-electron chi connectivity index (χ2n) is 9.09. The molecule has 39 heavy (non-hydrogen) atoms. The lowest BCUT2D eigenvalue weighted by Gasteiger charge is -2.20. The zero-order chi connectivity index (χ0) is 28.1. The molecule has 0 saturated carbocycles. The number of amidine groups is 1. The number of aromatic amines is 1. The molecule has 7 N–H and O–H groups in total. The van der Waals surface area contributed by atoms with E-state index >= 15 is 0 Å². The monoisotopic (exact) mass is 533 g/mol. The van der Waals surface area contributed by atoms with Crippen LogP contribution < -0.4 is 26.6 Å². The molecule has 2 atom stereocenters. The van der Waals surface area contributed by atoms with Crippen LogP contribution in [0.25, 0.3) is 10.9 Å². The number of anilines is 1. The number of amides is 4. The minimum atomic E-state index is -1.15. The summed E-state index contributed by atoms with van der Waals surface area (Å²) in [5.41, 5.74) is 8.48. The Morgan fingerprint density at radius 3 is 2.56 bits per heavy atom. The van der Waals surface area contributed by atoms with Crippen LogP contribution in [0.4, 0.5) is 10.5 Å². The first-order chi connectivity index (χ1) is 18.7. The number of fused-ring (bicyclic) bond motifs is 1. The number of carbonyl (C=O) groups excluding carboxylic acids is 4. The van der Waals surface area contributed by atoms with Crippen molar-refractivity contribution in [2.24, 2.45) is 5.73 Å². The molecule has 12 heteroatoms. The maximum atomic E-state index is 13.0. The van der Waals surface area contributed by atoms with Gasteiger partial charge < -0.3 is 36.3 Å². The summed E-state index contributed by atoms with van der Waals surface area (Å²) < 4.78 is 5.08. The Morgan fingerprint density at radius 1 is 1.18 bits per heavy atom. The van der Waals surface area contributed by atoms with Crippen molar-refractivity contribution in [3.63, 3.8) is 0 Å². The Balaban J connectivity index is 1.36. The number of nitrogens with two attached hydrogens (primary N) is 1. The van der Waals surface area contributed by atoms with Crippen molar-refractivity contribution >= 4 is 46.2 Å². The number of nitrogens with zero attached hydrogens (tertiary/aromatic N) is 1. The number of urea groups is 1. The maximum Gasteiger partial charge on any atom is 0.330 e. The minimum Gasteiger partial charge on any atom is -0.464 e. The molecule has 4 amide bonds. The van der Waals surface area contributed by atoms with Crippen LogP contribution in [-0.2, 0) is 14.3 Å². The van der Waals surface area contributed by atoms with E-state index in [0.29, 0.717) is 29.9 Å². The molecule has 0 radical (unpaired) electrons. The highest BCUT2D eigenvalue weighted by atomic mass is 16.5. The van der Waals surface area contributed by atoms with Crippen LogP contribution in [0.15, 0.2) is 48.5 Å². The molecule has 1 aliphatic heterocycles. The van der Waals surface area contributed by atoms with E-state index < -0.39 is 30.0 Å². The average molecular weight is 534 g/mol. The van der Waals surface area contributed by atoms with E-state index in [-0.39, 0.29) is 24.9 Å². The third kappa shape index (κ3) is 6.00. The lowest BCUT2D eigenvalue weighted by Crippen LogP contribution is -2.53. The van der Waals surface area contributed by atoms with Crippen molar-refractivity contribution < 1.29 is 23.9 Å². The van der Waals surface area contributed by atoms with Gasteiger partial charge in [-0.3, -0.25) is 15.0 Å². The van der Waals surface area contributed by atoms with Crippen molar-refractivity contribution in [1.29, 1.82) is 5.41 Å². The van der Waals surface area contributed by atoms with Gasteiger partial charge in [0.25, 0.3) is 5.91 Å². The molecule has 2 heterocycles. The van der Waals surface area contributed by atoms with Crippen molar-refractivity contribution in [1.82, 2.24) is 20.9 Å². The quantitative estimate of drug-likeness (QED) is 0.138. The van der Waals surface area contributed by atoms with Gasteiger partial charge in [0.1, 0.15) is 23.6 Å². The summed E-state index contributed by atoms with van der Waals surface area (Å²) in [6, 6.07) is 11.6. The molecule has 0 spiro atoms. The van der Waals surface area contributed by atoms with Gasteiger partial charge in [0.15, 0.2) is 0 Å². The van der Waals surface area contributed by atoms with Gasteiger partial charge in [0.05, 0.1) is 13.2 Å². The second-order valence-corrected chi connectivity index (χ2v) is 9.09. The highest BCUT2D eigenvalue weighted by molar-refractivity contribution is 6.03. The van der Waals surface area contributed by atoms with Gasteiger partial charge in [-0.15, -0.1) is 0 Å². The van der Waals surface area contributed by atoms with E-state index in [1.165, 1.54) is 0 Å². The Bertz CT molecular complexity index is 1420. The number of hydrogen-bond acceptors (Lipinski definition) is 6. The first-order valence-electron chi connectivity index (χ1n) is 12.5. The van der Waals surface area contributed by atoms with E-state index in [2.05, 4.69) is 20.9 Å². The van der Waals surface area contributed by atoms with Crippen LogP contribution in [0, 0.1) is 12.3 Å². The Hall–Kier alpha value is -4.87. The summed E-state index contributed by atoms with van der Waals surface area (Å²) in [5, 5.41) is 16.2. The third-order valence-corrected chi connectivity index (χ3v) is 6.54. The number of hydrogen-bond donors (Lipinski definition) is 6. The molecular weight excluding hydrogens is 502 g/mol. The molecule has 2 aromatic carbocycles. The van der Waals surface area contributed by atoms with Crippen molar-refractivity contribution in [3.8, 4) is 0 Å². The lowest BCUT2D eigenvalue weighted by molar-refractivity contribution is -0.145. The number of aryl methyl sites for hydroxylation is 1. The number of H-pyrrole nitrogens is 1. The van der Waals surface area contributed by atoms with Crippen molar-refractivity contribution in [3.05, 3.63) is 65.4 Å². The molecule has 1 saturated heterocycles. The average Bonchev–Trinajstić information content (AvgIpc) is 3.46. The largest absolute Gasteiger partial charge is 0.464 e. The molecule has 1 fully saturated rings. The van der Waals surface area contributed by atoms with Gasteiger partial charge in [0, 0.05) is 28.7 Å². The van der Waals surface area contributed by atoms with Gasteiger partial charge in [-0.2, -0.15) is 0 Å². The fourth-order valence-corrected chi connectivity index (χ4v) is 4.47. The summed E-state index contributed by atoms with van der Waals surface area (Å²) in [4.78, 5) is 55.6. The number of ether oxygens (including phenoxy) is 1. The fraction of sp³-hybridized carbons (Fsp3) is 0.296. The normalized spacial score (nSPS) is 15.6. The molecule has 0 aliphatic carbocycles. The van der Waals surface area contributed by atoms with Crippen LogP contribution in [-0.4, -0.2) is 66.4 Å². The highest BCUT2D eigenvalue weighted by Crippen LogP contribution is 2.23. The van der Waals surface area contributed by atoms with Crippen LogP contribution in [0.3, 0.4) is 0 Å². The standard InChI is InChI=1S/C27H31N7O5/c1-3-39-26(37)21(32-24(35)22-15(2)18-6-4-5-7-19(18)31-22)14-30-27(38)33-20-12-13-34(25(20)36)17-10-8-16(9-11-17)23(28)29/h4-11,20-21,31H,3,12-14H2,1-2H3,(H3,28,29)(H,32,35)(H2,30,33,38). The molecular formula is C27H31N7O5. The van der Waals surface area contributed by atoms with Gasteiger partial charge >= 0.3 is 12.0 Å². The molecule has 1 aromatic heterocycles. The summed E-state index contributed by atoms with van der Waals surface area (Å²) in [5.74, 6) is -1.57. The minimum absolute atomic E-state index is 0.0701. The summed E-state index contributed by atoms with van der Waals surface area (Å²) >= 11 is 0. The zero-order valence-electron chi connectivity index (χ0n) is 21.7. The fourth-order valence-electron chi connectivity index (χ4n) is 4.47. The number of rotatable bonds is 9. The third-order valence-electron chi connectivity index (χ3n) is 6.54. The van der Waals surface area contributed by atoms with Crippen LogP contribution in [0.5, 0.6) is 0 Å². The molecule has 2 unspecified atom stereocenters. The van der Waals surface area contributed by atoms with E-state index in [1.807, 2.05) is 24.3 Å². The number of benzene rings is 2. The number of para-hydroxylation sites is 1. The molecule has 3 aromatic rings. The summed E-state index contributed by atoms with van der Waals surface area (Å²) in [6.45, 7) is 3.70. The second kappa shape index (κ2) is 11.7. The van der Waals surface area contributed by atoms with Gasteiger partial charge in [-0.05, 0) is 56.2 Å². The van der Waals surface area contributed by atoms with Crippen LogP contribution in [0.2, 0.25) is 0 Å². The van der Waals surface area contributed by atoms with Gasteiger partial charge in [0.2, 0.25) is 5.91 Å². The summed E-state index contributed by atoms with van der Waals surface area (Å²) in [7, 11) is 0. The SMILES string of the molecule is CCOC(=O)C(CNC(=O)NC1CCN(c2ccc(C(=N)N)cc2)C1=O)NC(=O)c1[nH]c2ccccc2c1C. The number of carbonyl (C=O) groups is 4. The zero-order valence-corrected chi connectivity index (χ0v) is 21.7. The highest BCUT2D eigenvalue weighted by Gasteiger charge is 2.34. The first-order valence-corrected chi connectivity index (χ1v) is 12.5. The number of nitrogens with one attached hydrogen (secondary N) is 5. The van der Waals surface area contributed by atoms with E-state index in [9.17, 15) is 19.2 Å². The topological polar surface area (TPSA) is 182 Å². The number of esters is 1. The van der Waals surface area contributed by atoms with E-state index in [1.54, 1.807) is 43.0 Å². The molecule has 0 bridgehead atoms. The van der Waals surface area contributed by atoms with E-state index in [4.69, 9.17) is 15.9 Å². The number of nitrogen functional groups attached to an aromatic ring is 1. The van der Waals surface area contributed by atoms with Gasteiger partial charge in [-0.25, -0.2) is 9.59 Å². The molecule has 12 nitrogen and oxygen atoms in total.